The Labute approximate surface area is 74.7 Å². The molecule has 0 rings (SSSR count). The highest BCUT2D eigenvalue weighted by atomic mass is 19.4. The maximum Gasteiger partial charge on any atom is 0.389 e. The first-order chi connectivity index (χ1) is 5.87. The molecule has 0 aromatic carbocycles. The molecular formula is C8H13F3O2. The molecule has 0 saturated heterocycles. The van der Waals surface area contributed by atoms with Crippen molar-refractivity contribution in [2.75, 3.05) is 0 Å². The molecule has 0 fully saturated rings. The van der Waals surface area contributed by atoms with Gasteiger partial charge in [-0.1, -0.05) is 6.92 Å². The molecule has 5 heteroatoms. The van der Waals surface area contributed by atoms with Crippen LogP contribution < -0.4 is 0 Å². The molecule has 0 radical (unpaired) electrons. The van der Waals surface area contributed by atoms with Crippen molar-refractivity contribution in [1.82, 2.24) is 0 Å². The number of Topliss-reactive ketones (excluding diaryl/α,β-unsaturated/α-hetero) is 1. The van der Waals surface area contributed by atoms with E-state index in [0.717, 1.165) is 0 Å². The van der Waals surface area contributed by atoms with Gasteiger partial charge in [0.1, 0.15) is 6.10 Å². The normalized spacial score (nSPS) is 14.2. The van der Waals surface area contributed by atoms with E-state index < -0.39 is 24.5 Å². The van der Waals surface area contributed by atoms with E-state index in [0.29, 0.717) is 0 Å². The van der Waals surface area contributed by atoms with Crippen molar-refractivity contribution < 1.29 is 23.1 Å². The maximum atomic E-state index is 11.6. The standard InChI is InChI=1S/C8H13F3O2/c1-2-6(12)7(13)4-3-5-8(9,10)11/h6,12H,2-5H2,1H3. The minimum atomic E-state index is -4.21. The maximum absolute atomic E-state index is 11.6. The fourth-order valence-corrected chi connectivity index (χ4v) is 0.857. The van der Waals surface area contributed by atoms with E-state index in [1.807, 2.05) is 0 Å². The highest BCUT2D eigenvalue weighted by molar-refractivity contribution is 5.82. The molecule has 0 aromatic rings. The lowest BCUT2D eigenvalue weighted by Gasteiger charge is -2.07. The van der Waals surface area contributed by atoms with Gasteiger partial charge >= 0.3 is 6.18 Å². The van der Waals surface area contributed by atoms with Gasteiger partial charge in [0.15, 0.2) is 5.78 Å². The van der Waals surface area contributed by atoms with Crippen LogP contribution in [-0.4, -0.2) is 23.2 Å². The SMILES string of the molecule is CCC(O)C(=O)CCCC(F)(F)F. The van der Waals surface area contributed by atoms with Crippen molar-refractivity contribution >= 4 is 5.78 Å². The lowest BCUT2D eigenvalue weighted by atomic mass is 10.1. The lowest BCUT2D eigenvalue weighted by Crippen LogP contribution is -2.19. The summed E-state index contributed by atoms with van der Waals surface area (Å²) in [5, 5.41) is 8.93. The van der Waals surface area contributed by atoms with Crippen LogP contribution >= 0.6 is 0 Å². The summed E-state index contributed by atoms with van der Waals surface area (Å²) in [6.07, 6.45) is -6.46. The average Bonchev–Trinajstić information content (AvgIpc) is 2.00. The molecule has 78 valence electrons. The van der Waals surface area contributed by atoms with Crippen molar-refractivity contribution in [3.8, 4) is 0 Å². The first kappa shape index (κ1) is 12.4. The van der Waals surface area contributed by atoms with Gasteiger partial charge in [-0.15, -0.1) is 0 Å². The third-order valence-electron chi connectivity index (χ3n) is 1.64. The van der Waals surface area contributed by atoms with Gasteiger partial charge in [-0.2, -0.15) is 13.2 Å². The van der Waals surface area contributed by atoms with Gasteiger partial charge in [-0.3, -0.25) is 4.79 Å². The number of hydrogen-bond acceptors (Lipinski definition) is 2. The largest absolute Gasteiger partial charge is 0.389 e. The first-order valence-corrected chi connectivity index (χ1v) is 4.14. The summed E-state index contributed by atoms with van der Waals surface area (Å²) >= 11 is 0. The topological polar surface area (TPSA) is 37.3 Å². The number of ketones is 1. The Morgan fingerprint density at radius 1 is 1.46 bits per heavy atom. The zero-order valence-corrected chi connectivity index (χ0v) is 7.40. The van der Waals surface area contributed by atoms with Crippen molar-refractivity contribution in [2.45, 2.75) is 44.9 Å². The number of halogens is 3. The number of rotatable bonds is 5. The summed E-state index contributed by atoms with van der Waals surface area (Å²) in [7, 11) is 0. The number of carbonyl (C=O) groups is 1. The van der Waals surface area contributed by atoms with E-state index in [9.17, 15) is 18.0 Å². The number of carbonyl (C=O) groups excluding carboxylic acids is 1. The zero-order chi connectivity index (χ0) is 10.5. The second kappa shape index (κ2) is 5.21. The van der Waals surface area contributed by atoms with Crippen LogP contribution in [0.25, 0.3) is 0 Å². The summed E-state index contributed by atoms with van der Waals surface area (Å²) < 4.78 is 34.8. The van der Waals surface area contributed by atoms with Gasteiger partial charge in [-0.25, -0.2) is 0 Å². The Kier molecular flexibility index (Phi) is 4.98. The Balaban J connectivity index is 3.60. The second-order valence-corrected chi connectivity index (χ2v) is 2.86. The van der Waals surface area contributed by atoms with Gasteiger partial charge in [0.2, 0.25) is 0 Å². The summed E-state index contributed by atoms with van der Waals surface area (Å²) in [6, 6.07) is 0. The van der Waals surface area contributed by atoms with E-state index in [2.05, 4.69) is 0 Å². The number of alkyl halides is 3. The van der Waals surface area contributed by atoms with Crippen LogP contribution in [0.1, 0.15) is 32.6 Å². The highest BCUT2D eigenvalue weighted by Gasteiger charge is 2.27. The number of aliphatic hydroxyl groups excluding tert-OH is 1. The van der Waals surface area contributed by atoms with E-state index in [4.69, 9.17) is 5.11 Å². The minimum Gasteiger partial charge on any atom is -0.385 e. The Morgan fingerprint density at radius 2 is 2.00 bits per heavy atom. The first-order valence-electron chi connectivity index (χ1n) is 4.14. The summed E-state index contributed by atoms with van der Waals surface area (Å²) in [5.41, 5.74) is 0. The third kappa shape index (κ3) is 6.57. The molecule has 0 bridgehead atoms. The van der Waals surface area contributed by atoms with Crippen LogP contribution in [-0.2, 0) is 4.79 Å². The van der Waals surface area contributed by atoms with E-state index in [1.54, 1.807) is 6.92 Å². The fraction of sp³-hybridized carbons (Fsp3) is 0.875. The van der Waals surface area contributed by atoms with Crippen LogP contribution in [0.2, 0.25) is 0 Å². The molecule has 2 nitrogen and oxygen atoms in total. The van der Waals surface area contributed by atoms with Crippen LogP contribution in [0.3, 0.4) is 0 Å². The predicted octanol–water partition coefficient (Wildman–Crippen LogP) is 2.06. The quantitative estimate of drug-likeness (QED) is 0.734. The molecule has 0 aliphatic heterocycles. The summed E-state index contributed by atoms with van der Waals surface area (Å²) in [4.78, 5) is 10.8. The zero-order valence-electron chi connectivity index (χ0n) is 7.40. The smallest absolute Gasteiger partial charge is 0.385 e. The van der Waals surface area contributed by atoms with Crippen LogP contribution in [0.4, 0.5) is 13.2 Å². The fourth-order valence-electron chi connectivity index (χ4n) is 0.857. The van der Waals surface area contributed by atoms with Gasteiger partial charge in [-0.05, 0) is 12.8 Å². The molecule has 1 atom stereocenters. The Bertz CT molecular complexity index is 165. The molecule has 0 saturated carbocycles. The van der Waals surface area contributed by atoms with E-state index in [-0.39, 0.29) is 19.3 Å². The molecule has 13 heavy (non-hydrogen) atoms. The number of hydrogen-bond donors (Lipinski definition) is 1. The molecule has 0 spiro atoms. The second-order valence-electron chi connectivity index (χ2n) is 2.86. The van der Waals surface area contributed by atoms with Gasteiger partial charge < -0.3 is 5.11 Å². The van der Waals surface area contributed by atoms with E-state index >= 15 is 0 Å². The predicted molar refractivity (Wildman–Crippen MR) is 41.2 cm³/mol. The lowest BCUT2D eigenvalue weighted by molar-refractivity contribution is -0.138. The molecule has 0 amide bonds. The van der Waals surface area contributed by atoms with Gasteiger partial charge in [0.05, 0.1) is 0 Å². The Hall–Kier alpha value is -0.580. The van der Waals surface area contributed by atoms with Gasteiger partial charge in [0.25, 0.3) is 0 Å². The van der Waals surface area contributed by atoms with Gasteiger partial charge in [0, 0.05) is 12.8 Å². The van der Waals surface area contributed by atoms with E-state index in [1.165, 1.54) is 0 Å². The van der Waals surface area contributed by atoms with Crippen LogP contribution in [0, 0.1) is 0 Å². The average molecular weight is 198 g/mol. The summed E-state index contributed by atoms with van der Waals surface area (Å²) in [6.45, 7) is 1.60. The molecule has 0 heterocycles. The molecular weight excluding hydrogens is 185 g/mol. The van der Waals surface area contributed by atoms with Crippen molar-refractivity contribution in [2.24, 2.45) is 0 Å². The molecule has 1 unspecified atom stereocenters. The van der Waals surface area contributed by atoms with Crippen LogP contribution in [0.15, 0.2) is 0 Å². The number of aliphatic hydroxyl groups is 1. The molecule has 0 aliphatic rings. The molecule has 0 aliphatic carbocycles. The molecule has 0 aromatic heterocycles. The highest BCUT2D eigenvalue weighted by Crippen LogP contribution is 2.22. The van der Waals surface area contributed by atoms with Crippen molar-refractivity contribution in [3.05, 3.63) is 0 Å². The Morgan fingerprint density at radius 3 is 2.38 bits per heavy atom. The molecule has 1 N–H and O–H groups in total. The third-order valence-corrected chi connectivity index (χ3v) is 1.64. The van der Waals surface area contributed by atoms with Crippen LogP contribution in [0.5, 0.6) is 0 Å². The summed E-state index contributed by atoms with van der Waals surface area (Å²) in [5.74, 6) is -0.508. The van der Waals surface area contributed by atoms with Crippen molar-refractivity contribution in [3.63, 3.8) is 0 Å². The monoisotopic (exact) mass is 198 g/mol. The minimum absolute atomic E-state index is 0.200. The van der Waals surface area contributed by atoms with Crippen molar-refractivity contribution in [1.29, 1.82) is 0 Å².